The fourth-order valence-corrected chi connectivity index (χ4v) is 1.63. The van der Waals surface area contributed by atoms with E-state index < -0.39 is 5.54 Å². The van der Waals surface area contributed by atoms with Crippen molar-refractivity contribution in [2.45, 2.75) is 12.5 Å². The number of benzene rings is 1. The number of hydrogen-bond donors (Lipinski definition) is 3. The lowest BCUT2D eigenvalue weighted by Crippen LogP contribution is -2.36. The van der Waals surface area contributed by atoms with Gasteiger partial charge >= 0.3 is 0 Å². The van der Waals surface area contributed by atoms with Crippen LogP contribution in [-0.4, -0.2) is 16.7 Å². The van der Waals surface area contributed by atoms with Gasteiger partial charge in [-0.05, 0) is 18.6 Å². The van der Waals surface area contributed by atoms with Gasteiger partial charge in [-0.15, -0.1) is 0 Å². The summed E-state index contributed by atoms with van der Waals surface area (Å²) in [5, 5.41) is 10.3. The van der Waals surface area contributed by atoms with E-state index in [0.717, 1.165) is 16.5 Å². The van der Waals surface area contributed by atoms with Gasteiger partial charge in [0.1, 0.15) is 0 Å². The Morgan fingerprint density at radius 3 is 2.86 bits per heavy atom. The van der Waals surface area contributed by atoms with Crippen LogP contribution in [0.3, 0.4) is 0 Å². The molecule has 0 amide bonds. The van der Waals surface area contributed by atoms with Crippen molar-refractivity contribution in [1.82, 2.24) is 4.98 Å². The SMILES string of the molecule is C[C@](N)(CO)c1c[nH]c2ccccc12. The molecule has 1 atom stereocenters. The minimum atomic E-state index is -0.681. The average Bonchev–Trinajstić information content (AvgIpc) is 2.61. The Balaban J connectivity index is 2.64. The molecule has 0 aliphatic carbocycles. The van der Waals surface area contributed by atoms with Crippen molar-refractivity contribution in [3.63, 3.8) is 0 Å². The van der Waals surface area contributed by atoms with Gasteiger partial charge in [0.2, 0.25) is 0 Å². The maximum Gasteiger partial charge on any atom is 0.0651 e. The first-order valence-corrected chi connectivity index (χ1v) is 4.61. The van der Waals surface area contributed by atoms with Crippen LogP contribution in [0.4, 0.5) is 0 Å². The van der Waals surface area contributed by atoms with E-state index in [4.69, 9.17) is 5.73 Å². The van der Waals surface area contributed by atoms with Crippen molar-refractivity contribution < 1.29 is 5.11 Å². The molecule has 0 unspecified atom stereocenters. The molecule has 0 bridgehead atoms. The molecule has 1 heterocycles. The number of nitrogens with two attached hydrogens (primary N) is 1. The molecule has 1 aromatic heterocycles. The molecule has 0 aliphatic rings. The van der Waals surface area contributed by atoms with Gasteiger partial charge in [0.05, 0.1) is 12.1 Å². The van der Waals surface area contributed by atoms with Crippen molar-refractivity contribution in [2.24, 2.45) is 5.73 Å². The van der Waals surface area contributed by atoms with Gasteiger partial charge in [-0.1, -0.05) is 18.2 Å². The summed E-state index contributed by atoms with van der Waals surface area (Å²) in [7, 11) is 0. The second-order valence-corrected chi connectivity index (χ2v) is 3.82. The van der Waals surface area contributed by atoms with Crippen molar-refractivity contribution in [2.75, 3.05) is 6.61 Å². The highest BCUT2D eigenvalue weighted by Crippen LogP contribution is 2.26. The van der Waals surface area contributed by atoms with Crippen LogP contribution >= 0.6 is 0 Å². The lowest BCUT2D eigenvalue weighted by molar-refractivity contribution is 0.211. The summed E-state index contributed by atoms with van der Waals surface area (Å²) in [6.45, 7) is 1.76. The topological polar surface area (TPSA) is 62.0 Å². The summed E-state index contributed by atoms with van der Waals surface area (Å²) in [6, 6.07) is 7.93. The molecule has 74 valence electrons. The highest BCUT2D eigenvalue weighted by Gasteiger charge is 2.23. The number of aromatic nitrogens is 1. The number of rotatable bonds is 2. The highest BCUT2D eigenvalue weighted by molar-refractivity contribution is 5.84. The van der Waals surface area contributed by atoms with Crippen LogP contribution in [-0.2, 0) is 5.54 Å². The van der Waals surface area contributed by atoms with Crippen molar-refractivity contribution in [3.8, 4) is 0 Å². The molecule has 3 heteroatoms. The molecule has 0 saturated carbocycles. The molecule has 0 saturated heterocycles. The normalized spacial score (nSPS) is 15.6. The van der Waals surface area contributed by atoms with E-state index in [-0.39, 0.29) is 6.61 Å². The number of nitrogens with one attached hydrogen (secondary N) is 1. The van der Waals surface area contributed by atoms with E-state index in [9.17, 15) is 5.11 Å². The van der Waals surface area contributed by atoms with E-state index in [1.54, 1.807) is 0 Å². The molecule has 14 heavy (non-hydrogen) atoms. The molecule has 0 aliphatic heterocycles. The van der Waals surface area contributed by atoms with Gasteiger partial charge in [-0.3, -0.25) is 0 Å². The molecule has 0 fully saturated rings. The maximum absolute atomic E-state index is 9.19. The van der Waals surface area contributed by atoms with Crippen LogP contribution in [0.25, 0.3) is 10.9 Å². The third-order valence-corrected chi connectivity index (χ3v) is 2.53. The van der Waals surface area contributed by atoms with Gasteiger partial charge in [-0.2, -0.15) is 0 Å². The summed E-state index contributed by atoms with van der Waals surface area (Å²) in [5.41, 5.74) is 7.30. The average molecular weight is 190 g/mol. The Morgan fingerprint density at radius 1 is 1.43 bits per heavy atom. The van der Waals surface area contributed by atoms with Gasteiger partial charge in [0, 0.05) is 17.1 Å². The molecule has 4 N–H and O–H groups in total. The predicted molar refractivity (Wildman–Crippen MR) is 56.9 cm³/mol. The Bertz CT molecular complexity index is 445. The first kappa shape index (κ1) is 9.24. The summed E-state index contributed by atoms with van der Waals surface area (Å²) < 4.78 is 0. The molecule has 2 aromatic rings. The fraction of sp³-hybridized carbons (Fsp3) is 0.273. The van der Waals surface area contributed by atoms with Crippen LogP contribution in [0.1, 0.15) is 12.5 Å². The van der Waals surface area contributed by atoms with Gasteiger partial charge < -0.3 is 15.8 Å². The van der Waals surface area contributed by atoms with Crippen LogP contribution in [0.15, 0.2) is 30.5 Å². The quantitative estimate of drug-likeness (QED) is 0.669. The molecule has 1 aromatic carbocycles. The van der Waals surface area contributed by atoms with Crippen LogP contribution in [0, 0.1) is 0 Å². The summed E-state index contributed by atoms with van der Waals surface area (Å²) in [4.78, 5) is 3.14. The van der Waals surface area contributed by atoms with Gasteiger partial charge in [0.15, 0.2) is 0 Å². The van der Waals surface area contributed by atoms with Gasteiger partial charge in [0.25, 0.3) is 0 Å². The van der Waals surface area contributed by atoms with Crippen LogP contribution in [0.5, 0.6) is 0 Å². The number of fused-ring (bicyclic) bond motifs is 1. The molecular formula is C11H14N2O. The zero-order chi connectivity index (χ0) is 10.2. The van der Waals surface area contributed by atoms with E-state index in [2.05, 4.69) is 4.98 Å². The first-order chi connectivity index (χ1) is 6.65. The lowest BCUT2D eigenvalue weighted by Gasteiger charge is -2.20. The van der Waals surface area contributed by atoms with E-state index in [0.29, 0.717) is 0 Å². The summed E-state index contributed by atoms with van der Waals surface area (Å²) in [5.74, 6) is 0. The second kappa shape index (κ2) is 3.12. The zero-order valence-electron chi connectivity index (χ0n) is 8.12. The molecule has 2 rings (SSSR count). The molecule has 0 radical (unpaired) electrons. The predicted octanol–water partition coefficient (Wildman–Crippen LogP) is 1.33. The Labute approximate surface area is 82.6 Å². The Morgan fingerprint density at radius 2 is 2.14 bits per heavy atom. The third kappa shape index (κ3) is 1.31. The minimum absolute atomic E-state index is 0.0607. The van der Waals surface area contributed by atoms with Crippen LogP contribution < -0.4 is 5.73 Å². The number of aliphatic hydroxyl groups is 1. The number of hydrogen-bond acceptors (Lipinski definition) is 2. The Kier molecular flexibility index (Phi) is 2.06. The summed E-state index contributed by atoms with van der Waals surface area (Å²) >= 11 is 0. The van der Waals surface area contributed by atoms with Crippen molar-refractivity contribution >= 4 is 10.9 Å². The number of H-pyrrole nitrogens is 1. The van der Waals surface area contributed by atoms with Gasteiger partial charge in [-0.25, -0.2) is 0 Å². The van der Waals surface area contributed by atoms with E-state index in [1.165, 1.54) is 0 Å². The molecular weight excluding hydrogens is 176 g/mol. The zero-order valence-corrected chi connectivity index (χ0v) is 8.12. The number of aromatic amines is 1. The third-order valence-electron chi connectivity index (χ3n) is 2.53. The summed E-state index contributed by atoms with van der Waals surface area (Å²) in [6.07, 6.45) is 1.86. The Hall–Kier alpha value is -1.32. The van der Waals surface area contributed by atoms with Crippen molar-refractivity contribution in [3.05, 3.63) is 36.0 Å². The molecule has 3 nitrogen and oxygen atoms in total. The van der Waals surface area contributed by atoms with Crippen molar-refractivity contribution in [1.29, 1.82) is 0 Å². The van der Waals surface area contributed by atoms with E-state index >= 15 is 0 Å². The number of para-hydroxylation sites is 1. The largest absolute Gasteiger partial charge is 0.394 e. The van der Waals surface area contributed by atoms with Crippen LogP contribution in [0.2, 0.25) is 0 Å². The molecule has 0 spiro atoms. The standard InChI is InChI=1S/C11H14N2O/c1-11(12,7-14)9-6-13-10-5-3-2-4-8(9)10/h2-6,13-14H,7,12H2,1H3/t11-/m0/s1. The highest BCUT2D eigenvalue weighted by atomic mass is 16.3. The fourth-order valence-electron chi connectivity index (χ4n) is 1.63. The van der Waals surface area contributed by atoms with E-state index in [1.807, 2.05) is 37.4 Å². The number of aliphatic hydroxyl groups excluding tert-OH is 1. The lowest BCUT2D eigenvalue weighted by atomic mass is 9.94. The maximum atomic E-state index is 9.19. The monoisotopic (exact) mass is 190 g/mol. The second-order valence-electron chi connectivity index (χ2n) is 3.82. The smallest absolute Gasteiger partial charge is 0.0651 e. The first-order valence-electron chi connectivity index (χ1n) is 4.61. The minimum Gasteiger partial charge on any atom is -0.394 e.